The van der Waals surface area contributed by atoms with Gasteiger partial charge >= 0.3 is 0 Å². The van der Waals surface area contributed by atoms with Crippen LogP contribution in [0.3, 0.4) is 0 Å². The normalized spacial score (nSPS) is 17.0. The largest absolute Gasteiger partial charge is 0.503 e. The lowest BCUT2D eigenvalue weighted by molar-refractivity contribution is -0.130. The number of nitrogens with zero attached hydrogens (tertiary/aromatic N) is 1. The first-order valence-electron chi connectivity index (χ1n) is 8.94. The molecule has 1 N–H and O–H groups in total. The summed E-state index contributed by atoms with van der Waals surface area (Å²) in [5, 5.41) is 11.7. The number of furan rings is 2. The molecule has 0 bridgehead atoms. The lowest BCUT2D eigenvalue weighted by Gasteiger charge is -2.24. The Bertz CT molecular complexity index is 1140. The molecular weight excluding hydrogens is 398 g/mol. The van der Waals surface area contributed by atoms with Crippen molar-refractivity contribution in [2.45, 2.75) is 13.0 Å². The number of aliphatic hydroxyl groups excluding tert-OH is 1. The van der Waals surface area contributed by atoms with Gasteiger partial charge in [-0.05, 0) is 43.3 Å². The van der Waals surface area contributed by atoms with Gasteiger partial charge in [-0.1, -0.05) is 11.6 Å². The van der Waals surface area contributed by atoms with Crippen molar-refractivity contribution in [2.24, 2.45) is 0 Å². The van der Waals surface area contributed by atoms with Crippen molar-refractivity contribution < 1.29 is 28.3 Å². The third-order valence-corrected chi connectivity index (χ3v) is 5.05. The third-order valence-electron chi connectivity index (χ3n) is 4.82. The molecule has 3 heterocycles. The molecule has 1 unspecified atom stereocenters. The summed E-state index contributed by atoms with van der Waals surface area (Å²) in [5.74, 6) is -0.887. The molecule has 1 aromatic carbocycles. The van der Waals surface area contributed by atoms with Crippen LogP contribution in [0.5, 0.6) is 0 Å². The minimum Gasteiger partial charge on any atom is -0.503 e. The van der Waals surface area contributed by atoms with Gasteiger partial charge in [0.1, 0.15) is 23.1 Å². The Labute approximate surface area is 171 Å². The first kappa shape index (κ1) is 19.3. The van der Waals surface area contributed by atoms with E-state index in [-0.39, 0.29) is 24.5 Å². The van der Waals surface area contributed by atoms with Gasteiger partial charge in [0.05, 0.1) is 12.2 Å². The van der Waals surface area contributed by atoms with Crippen LogP contribution in [0, 0.1) is 6.92 Å². The number of fused-ring (bicyclic) bond motifs is 1. The molecule has 150 valence electrons. The number of Topliss-reactive ketones (excluding diaryl/α,β-unsaturated/α-hetero) is 1. The topological polar surface area (TPSA) is 93.1 Å². The zero-order valence-electron chi connectivity index (χ0n) is 15.8. The average molecular weight is 416 g/mol. The van der Waals surface area contributed by atoms with Crippen molar-refractivity contribution in [1.82, 2.24) is 4.90 Å². The van der Waals surface area contributed by atoms with Crippen molar-refractivity contribution in [2.75, 3.05) is 20.3 Å². The molecule has 1 atom stereocenters. The highest BCUT2D eigenvalue weighted by molar-refractivity contribution is 6.31. The molecule has 2 aromatic heterocycles. The standard InChI is InChI=1S/C21H18ClNO6/c1-11-3-5-15(28-11)18-17(20(25)21(26)23(18)7-8-27-2)19(24)16-10-12-9-13(22)4-6-14(12)29-16/h3-6,9-10,18,25H,7-8H2,1-2H3. The molecule has 0 saturated heterocycles. The Morgan fingerprint density at radius 3 is 2.72 bits per heavy atom. The first-order chi connectivity index (χ1) is 13.9. The molecule has 1 amide bonds. The van der Waals surface area contributed by atoms with Gasteiger partial charge in [-0.15, -0.1) is 0 Å². The molecule has 0 saturated carbocycles. The van der Waals surface area contributed by atoms with E-state index in [1.54, 1.807) is 37.3 Å². The fourth-order valence-corrected chi connectivity index (χ4v) is 3.64. The highest BCUT2D eigenvalue weighted by Gasteiger charge is 2.45. The summed E-state index contributed by atoms with van der Waals surface area (Å²) in [4.78, 5) is 27.3. The van der Waals surface area contributed by atoms with Crippen molar-refractivity contribution >= 4 is 34.3 Å². The minimum absolute atomic E-state index is 0.00140. The zero-order valence-corrected chi connectivity index (χ0v) is 16.5. The van der Waals surface area contributed by atoms with Gasteiger partial charge < -0.3 is 23.6 Å². The fraction of sp³-hybridized carbons (Fsp3) is 0.238. The summed E-state index contributed by atoms with van der Waals surface area (Å²) in [7, 11) is 1.51. The summed E-state index contributed by atoms with van der Waals surface area (Å²) in [6.45, 7) is 2.17. The number of hydrogen-bond donors (Lipinski definition) is 1. The number of carbonyl (C=O) groups excluding carboxylic acids is 2. The minimum atomic E-state index is -0.879. The monoisotopic (exact) mass is 415 g/mol. The number of halogens is 1. The first-order valence-corrected chi connectivity index (χ1v) is 9.31. The molecular formula is C21H18ClNO6. The molecule has 0 fully saturated rings. The van der Waals surface area contributed by atoms with Crippen LogP contribution < -0.4 is 0 Å². The smallest absolute Gasteiger partial charge is 0.290 e. The van der Waals surface area contributed by atoms with E-state index in [1.807, 2.05) is 0 Å². The van der Waals surface area contributed by atoms with Gasteiger partial charge in [0.15, 0.2) is 11.5 Å². The summed E-state index contributed by atoms with van der Waals surface area (Å²) in [6, 6.07) is 9.04. The van der Waals surface area contributed by atoms with Crippen LogP contribution in [-0.2, 0) is 9.53 Å². The van der Waals surface area contributed by atoms with Crippen LogP contribution in [0.2, 0.25) is 5.02 Å². The highest BCUT2D eigenvalue weighted by Crippen LogP contribution is 2.40. The number of benzene rings is 1. The Morgan fingerprint density at radius 1 is 1.24 bits per heavy atom. The third kappa shape index (κ3) is 3.32. The summed E-state index contributed by atoms with van der Waals surface area (Å²) in [6.07, 6.45) is 0. The van der Waals surface area contributed by atoms with Gasteiger partial charge in [-0.3, -0.25) is 9.59 Å². The van der Waals surface area contributed by atoms with Crippen LogP contribution in [-0.4, -0.2) is 42.0 Å². The Morgan fingerprint density at radius 2 is 2.03 bits per heavy atom. The number of hydrogen-bond acceptors (Lipinski definition) is 6. The maximum absolute atomic E-state index is 13.3. The Kier molecular flexibility index (Phi) is 4.94. The maximum Gasteiger partial charge on any atom is 0.290 e. The second kappa shape index (κ2) is 7.42. The molecule has 0 spiro atoms. The van der Waals surface area contributed by atoms with Crippen molar-refractivity contribution in [3.8, 4) is 0 Å². The molecule has 4 rings (SSSR count). The number of ether oxygens (including phenoxy) is 1. The predicted octanol–water partition coefficient (Wildman–Crippen LogP) is 4.21. The lowest BCUT2D eigenvalue weighted by atomic mass is 9.99. The second-order valence-electron chi connectivity index (χ2n) is 6.73. The van der Waals surface area contributed by atoms with Crippen LogP contribution >= 0.6 is 11.6 Å². The van der Waals surface area contributed by atoms with Gasteiger partial charge in [-0.25, -0.2) is 0 Å². The van der Waals surface area contributed by atoms with Crippen molar-refractivity contribution in [3.63, 3.8) is 0 Å². The molecule has 0 radical (unpaired) electrons. The summed E-state index contributed by atoms with van der Waals surface area (Å²) in [5.41, 5.74) is 0.384. The maximum atomic E-state index is 13.3. The van der Waals surface area contributed by atoms with E-state index >= 15 is 0 Å². The molecule has 3 aromatic rings. The molecule has 1 aliphatic rings. The highest BCUT2D eigenvalue weighted by atomic mass is 35.5. The SMILES string of the molecule is COCCN1C(=O)C(O)=C(C(=O)c2cc3cc(Cl)ccc3o2)C1c1ccc(C)o1. The Hall–Kier alpha value is -3.03. The lowest BCUT2D eigenvalue weighted by Crippen LogP contribution is -2.33. The molecule has 29 heavy (non-hydrogen) atoms. The predicted molar refractivity (Wildman–Crippen MR) is 105 cm³/mol. The number of amides is 1. The van der Waals surface area contributed by atoms with Gasteiger partial charge in [0.25, 0.3) is 5.91 Å². The number of aliphatic hydroxyl groups is 1. The molecule has 0 aliphatic carbocycles. The summed E-state index contributed by atoms with van der Waals surface area (Å²) >= 11 is 6.00. The van der Waals surface area contributed by atoms with Gasteiger partial charge in [0, 0.05) is 24.1 Å². The second-order valence-corrected chi connectivity index (χ2v) is 7.16. The van der Waals surface area contributed by atoms with Gasteiger partial charge in [-0.2, -0.15) is 0 Å². The fourth-order valence-electron chi connectivity index (χ4n) is 3.46. The average Bonchev–Trinajstić information content (AvgIpc) is 3.37. The summed E-state index contributed by atoms with van der Waals surface area (Å²) < 4.78 is 16.4. The Balaban J connectivity index is 1.79. The van der Waals surface area contributed by atoms with E-state index in [2.05, 4.69) is 0 Å². The van der Waals surface area contributed by atoms with Crippen molar-refractivity contribution in [1.29, 1.82) is 0 Å². The van der Waals surface area contributed by atoms with Crippen LogP contribution in [0.4, 0.5) is 0 Å². The van der Waals surface area contributed by atoms with E-state index in [4.69, 9.17) is 25.2 Å². The van der Waals surface area contributed by atoms with Crippen molar-refractivity contribution in [3.05, 3.63) is 70.0 Å². The molecule has 7 nitrogen and oxygen atoms in total. The van der Waals surface area contributed by atoms with Crippen LogP contribution in [0.1, 0.15) is 28.1 Å². The number of rotatable bonds is 6. The molecule has 1 aliphatic heterocycles. The van der Waals surface area contributed by atoms with Gasteiger partial charge in [0.2, 0.25) is 5.78 Å². The number of carbonyl (C=O) groups is 2. The van der Waals surface area contributed by atoms with Crippen LogP contribution in [0.15, 0.2) is 56.6 Å². The van der Waals surface area contributed by atoms with E-state index < -0.39 is 23.5 Å². The van der Waals surface area contributed by atoms with E-state index in [1.165, 1.54) is 18.1 Å². The molecule has 8 heteroatoms. The number of aryl methyl sites for hydroxylation is 1. The number of ketones is 1. The van der Waals surface area contributed by atoms with Crippen LogP contribution in [0.25, 0.3) is 11.0 Å². The van der Waals surface area contributed by atoms with E-state index in [9.17, 15) is 14.7 Å². The number of methoxy groups -OCH3 is 1. The zero-order chi connectivity index (χ0) is 20.7. The quantitative estimate of drug-likeness (QED) is 0.606. The van der Waals surface area contributed by atoms with E-state index in [0.29, 0.717) is 27.5 Å². The van der Waals surface area contributed by atoms with E-state index in [0.717, 1.165) is 0 Å².